The first-order valence-corrected chi connectivity index (χ1v) is 4.45. The van der Waals surface area contributed by atoms with Gasteiger partial charge in [0.05, 0.1) is 7.11 Å². The van der Waals surface area contributed by atoms with Crippen LogP contribution in [-0.2, 0) is 37.5 Å². The number of benzene rings is 1. The van der Waals surface area contributed by atoms with Crippen LogP contribution in [0.15, 0.2) is 18.2 Å². The van der Waals surface area contributed by atoms with Crippen molar-refractivity contribution >= 4 is 12.4 Å². The van der Waals surface area contributed by atoms with E-state index < -0.39 is 0 Å². The molecule has 79 valence electrons. The summed E-state index contributed by atoms with van der Waals surface area (Å²) in [7, 11) is 1.59. The zero-order chi connectivity index (χ0) is 10.8. The average molecular weight is 279 g/mol. The van der Waals surface area contributed by atoms with E-state index in [4.69, 9.17) is 4.74 Å². The Hall–Kier alpha value is -0.466. The Kier molecular flexibility index (Phi) is 13.1. The molecule has 0 N–H and O–H groups in total. The summed E-state index contributed by atoms with van der Waals surface area (Å²) in [4.78, 5) is 9.92. The first-order chi connectivity index (χ1) is 6.86. The summed E-state index contributed by atoms with van der Waals surface area (Å²) in [6.07, 6.45) is 4.60. The maximum atomic E-state index is 9.92. The molecule has 0 unspecified atom stereocenters. The topological polar surface area (TPSA) is 26.3 Å². The maximum absolute atomic E-state index is 9.92. The molecule has 0 atom stereocenters. The number of carbonyl (C=O) groups is 1. The van der Waals surface area contributed by atoms with E-state index in [9.17, 15) is 4.79 Å². The van der Waals surface area contributed by atoms with Crippen molar-refractivity contribution in [3.05, 3.63) is 35.9 Å². The summed E-state index contributed by atoms with van der Waals surface area (Å²) in [6.45, 7) is 4.00. The molecule has 0 aliphatic carbocycles. The number of hydrogen-bond acceptors (Lipinski definition) is 2. The van der Waals surface area contributed by atoms with Crippen LogP contribution in [0.2, 0.25) is 0 Å². The molecule has 0 amide bonds. The third-order valence-electron chi connectivity index (χ3n) is 1.35. The van der Waals surface area contributed by atoms with Crippen molar-refractivity contribution in [3.8, 4) is 5.75 Å². The van der Waals surface area contributed by atoms with Crippen molar-refractivity contribution in [2.24, 2.45) is 0 Å². The zero-order valence-electron chi connectivity index (χ0n) is 9.28. The van der Waals surface area contributed by atoms with Gasteiger partial charge in [0.2, 0.25) is 0 Å². The maximum Gasteiger partial charge on any atom is 0.0647 e. The molecule has 0 aromatic heterocycles. The van der Waals surface area contributed by atoms with Crippen molar-refractivity contribution < 1.29 is 42.2 Å². The van der Waals surface area contributed by atoms with E-state index in [-0.39, 0.29) is 32.7 Å². The molecule has 1 aromatic carbocycles. The number of hydrogen-bond donors (Lipinski definition) is 0. The van der Waals surface area contributed by atoms with Gasteiger partial charge in [0.15, 0.2) is 0 Å². The summed E-state index contributed by atoms with van der Waals surface area (Å²) in [5, 5.41) is 0. The first kappa shape index (κ1) is 16.9. The number of allylic oxidation sites excluding steroid dienone is 1. The summed E-state index contributed by atoms with van der Waals surface area (Å²) in [5.41, 5.74) is 0.808. The van der Waals surface area contributed by atoms with Crippen LogP contribution in [0.4, 0.5) is 0 Å². The van der Waals surface area contributed by atoms with Crippen LogP contribution in [0, 0.1) is 12.1 Å². The van der Waals surface area contributed by atoms with Crippen molar-refractivity contribution in [2.45, 2.75) is 13.8 Å². The standard InChI is InChI=1S/C10H8O2.C2H6.Y/c1-12-10-6-4-9(5-7-10)3-2-8-11;1-2;/h3-4,6-8H,1H3;1-2H3;/q-2;;. The smallest absolute Gasteiger partial charge is 0.0647 e. The molecule has 0 bridgehead atoms. The first-order valence-electron chi connectivity index (χ1n) is 4.45. The van der Waals surface area contributed by atoms with Gasteiger partial charge >= 0.3 is 0 Å². The third-order valence-corrected chi connectivity index (χ3v) is 1.35. The Morgan fingerprint density at radius 2 is 2.07 bits per heavy atom. The molecule has 0 aliphatic heterocycles. The number of aldehydes is 1. The van der Waals surface area contributed by atoms with Crippen LogP contribution in [0.3, 0.4) is 0 Å². The van der Waals surface area contributed by atoms with Gasteiger partial charge < -0.3 is 21.2 Å². The SMILES string of the molecule is CC.COc1c[c-]c(C=[C-]C=O)cc1.[Y]. The molecule has 1 rings (SSSR count). The average Bonchev–Trinajstić information content (AvgIpc) is 2.30. The third kappa shape index (κ3) is 7.46. The predicted octanol–water partition coefficient (Wildman–Crippen LogP) is 2.53. The fraction of sp³-hybridized carbons (Fsp3) is 0.250. The molecule has 0 aliphatic rings. The molecule has 1 aromatic rings. The van der Waals surface area contributed by atoms with Crippen LogP contribution in [-0.4, -0.2) is 13.4 Å². The van der Waals surface area contributed by atoms with E-state index in [1.165, 1.54) is 0 Å². The molecular formula is C12H14O2Y-2. The van der Waals surface area contributed by atoms with Crippen LogP contribution < -0.4 is 4.74 Å². The van der Waals surface area contributed by atoms with Gasteiger partial charge in [0.25, 0.3) is 0 Å². The summed E-state index contributed by atoms with van der Waals surface area (Å²) in [6, 6.07) is 8.23. The van der Waals surface area contributed by atoms with E-state index in [0.29, 0.717) is 6.29 Å². The Labute approximate surface area is 117 Å². The van der Waals surface area contributed by atoms with Crippen molar-refractivity contribution in [3.63, 3.8) is 0 Å². The van der Waals surface area contributed by atoms with Gasteiger partial charge in [0, 0.05) is 44.7 Å². The molecule has 0 heterocycles. The minimum Gasteiger partial charge on any atom is -0.540 e. The summed E-state index contributed by atoms with van der Waals surface area (Å²) < 4.78 is 4.94. The van der Waals surface area contributed by atoms with E-state index >= 15 is 0 Å². The van der Waals surface area contributed by atoms with E-state index in [1.807, 2.05) is 13.8 Å². The monoisotopic (exact) mass is 279 g/mol. The normalized spacial score (nSPS) is 8.47. The van der Waals surface area contributed by atoms with Gasteiger partial charge in [-0.15, -0.1) is 12.1 Å². The molecule has 0 spiro atoms. The molecule has 1 radical (unpaired) electrons. The van der Waals surface area contributed by atoms with Crippen molar-refractivity contribution in [1.29, 1.82) is 0 Å². The summed E-state index contributed by atoms with van der Waals surface area (Å²) in [5.74, 6) is 0.748. The van der Waals surface area contributed by atoms with Gasteiger partial charge in [-0.1, -0.05) is 13.8 Å². The number of methoxy groups -OCH3 is 1. The van der Waals surface area contributed by atoms with Crippen LogP contribution in [0.1, 0.15) is 19.4 Å². The largest absolute Gasteiger partial charge is 0.540 e. The van der Waals surface area contributed by atoms with Gasteiger partial charge in [0.1, 0.15) is 0 Å². The van der Waals surface area contributed by atoms with Gasteiger partial charge in [-0.2, -0.15) is 0 Å². The fourth-order valence-corrected chi connectivity index (χ4v) is 0.763. The number of rotatable bonds is 3. The number of ether oxygens (including phenoxy) is 1. The van der Waals surface area contributed by atoms with Gasteiger partial charge in [-0.05, 0) is 0 Å². The zero-order valence-corrected chi connectivity index (χ0v) is 12.1. The van der Waals surface area contributed by atoms with Gasteiger partial charge in [-0.3, -0.25) is 6.08 Å². The Morgan fingerprint density at radius 3 is 2.47 bits per heavy atom. The molecule has 2 nitrogen and oxygen atoms in total. The molecular weight excluding hydrogens is 265 g/mol. The molecule has 15 heavy (non-hydrogen) atoms. The second kappa shape index (κ2) is 11.6. The minimum atomic E-state index is 0. The number of carbonyl (C=O) groups excluding carboxylic acids is 1. The fourth-order valence-electron chi connectivity index (χ4n) is 0.763. The Morgan fingerprint density at radius 1 is 1.40 bits per heavy atom. The Balaban J connectivity index is 0. The van der Waals surface area contributed by atoms with Crippen LogP contribution in [0.25, 0.3) is 6.08 Å². The second-order valence-corrected chi connectivity index (χ2v) is 2.11. The van der Waals surface area contributed by atoms with Crippen molar-refractivity contribution in [2.75, 3.05) is 7.11 Å². The molecule has 0 saturated heterocycles. The van der Waals surface area contributed by atoms with Crippen LogP contribution in [0.5, 0.6) is 5.75 Å². The molecule has 0 fully saturated rings. The summed E-state index contributed by atoms with van der Waals surface area (Å²) >= 11 is 0. The predicted molar refractivity (Wildman–Crippen MR) is 56.9 cm³/mol. The van der Waals surface area contributed by atoms with E-state index in [1.54, 1.807) is 31.4 Å². The quantitative estimate of drug-likeness (QED) is 0.483. The van der Waals surface area contributed by atoms with Crippen LogP contribution >= 0.6 is 0 Å². The van der Waals surface area contributed by atoms with E-state index in [0.717, 1.165) is 11.3 Å². The van der Waals surface area contributed by atoms with E-state index in [2.05, 4.69) is 12.1 Å². The van der Waals surface area contributed by atoms with Gasteiger partial charge in [-0.25, -0.2) is 12.1 Å². The molecule has 3 heteroatoms. The van der Waals surface area contributed by atoms with Crippen molar-refractivity contribution in [1.82, 2.24) is 0 Å². The Bertz CT molecular complexity index is 278. The molecule has 0 saturated carbocycles. The second-order valence-electron chi connectivity index (χ2n) is 2.11. The minimum absolute atomic E-state index is 0.